The summed E-state index contributed by atoms with van der Waals surface area (Å²) >= 11 is 0. The summed E-state index contributed by atoms with van der Waals surface area (Å²) in [6, 6.07) is 9.26. The van der Waals surface area contributed by atoms with Crippen LogP contribution in [-0.2, 0) is 0 Å². The van der Waals surface area contributed by atoms with Crippen LogP contribution >= 0.6 is 0 Å². The number of nitriles is 1. The number of hydrogen-bond acceptors (Lipinski definition) is 3. The third kappa shape index (κ3) is 2.46. The van der Waals surface area contributed by atoms with Gasteiger partial charge in [0, 0.05) is 35.9 Å². The van der Waals surface area contributed by atoms with E-state index in [0.717, 1.165) is 11.4 Å². The standard InChI is InChI=1S/C14H13N3O/c1-10(6-7-15)13(18)11-2-4-12(5-3-11)14-16-8-9-17-14/h2-5,8-10H,6H2,1H3,(H,16,17). The number of ketones is 1. The van der Waals surface area contributed by atoms with Crippen LogP contribution in [0, 0.1) is 17.2 Å². The van der Waals surface area contributed by atoms with Gasteiger partial charge in [0.2, 0.25) is 0 Å². The van der Waals surface area contributed by atoms with Gasteiger partial charge in [-0.2, -0.15) is 5.26 Å². The Balaban J connectivity index is 2.18. The first kappa shape index (κ1) is 12.1. The summed E-state index contributed by atoms with van der Waals surface area (Å²) in [6.45, 7) is 1.77. The summed E-state index contributed by atoms with van der Waals surface area (Å²) in [5.41, 5.74) is 1.57. The van der Waals surface area contributed by atoms with Crippen molar-refractivity contribution in [3.63, 3.8) is 0 Å². The van der Waals surface area contributed by atoms with Gasteiger partial charge in [-0.05, 0) is 0 Å². The topological polar surface area (TPSA) is 69.5 Å². The normalized spacial score (nSPS) is 11.8. The molecule has 0 radical (unpaired) electrons. The molecule has 1 aromatic heterocycles. The number of benzene rings is 1. The number of carbonyl (C=O) groups excluding carboxylic acids is 1. The maximum Gasteiger partial charge on any atom is 0.166 e. The number of Topliss-reactive ketones (excluding diaryl/α,β-unsaturated/α-hetero) is 1. The van der Waals surface area contributed by atoms with Crippen molar-refractivity contribution in [3.8, 4) is 17.5 Å². The number of nitrogens with one attached hydrogen (secondary N) is 1. The molecule has 2 rings (SSSR count). The lowest BCUT2D eigenvalue weighted by atomic mass is 9.96. The first-order chi connectivity index (χ1) is 8.72. The van der Waals surface area contributed by atoms with Crippen LogP contribution in [0.3, 0.4) is 0 Å². The molecule has 4 nitrogen and oxygen atoms in total. The highest BCUT2D eigenvalue weighted by Crippen LogP contribution is 2.17. The van der Waals surface area contributed by atoms with Crippen LogP contribution < -0.4 is 0 Å². The van der Waals surface area contributed by atoms with E-state index < -0.39 is 0 Å². The van der Waals surface area contributed by atoms with Crippen LogP contribution in [0.1, 0.15) is 23.7 Å². The monoisotopic (exact) mass is 239 g/mol. The van der Waals surface area contributed by atoms with E-state index in [1.807, 2.05) is 18.2 Å². The Kier molecular flexibility index (Phi) is 3.54. The zero-order chi connectivity index (χ0) is 13.0. The number of nitrogens with zero attached hydrogens (tertiary/aromatic N) is 2. The average Bonchev–Trinajstić information content (AvgIpc) is 2.92. The molecular formula is C14H13N3O. The highest BCUT2D eigenvalue weighted by atomic mass is 16.1. The molecule has 1 heterocycles. The predicted octanol–water partition coefficient (Wildman–Crippen LogP) is 2.81. The number of H-pyrrole nitrogens is 1. The van der Waals surface area contributed by atoms with Crippen LogP contribution in [0.2, 0.25) is 0 Å². The molecule has 1 N–H and O–H groups in total. The van der Waals surface area contributed by atoms with Crippen LogP contribution in [0.25, 0.3) is 11.4 Å². The second-order valence-electron chi connectivity index (χ2n) is 4.14. The summed E-state index contributed by atoms with van der Waals surface area (Å²) in [7, 11) is 0. The van der Waals surface area contributed by atoms with E-state index in [2.05, 4.69) is 9.97 Å². The smallest absolute Gasteiger partial charge is 0.166 e. The summed E-state index contributed by atoms with van der Waals surface area (Å²) in [5.74, 6) is 0.520. The quantitative estimate of drug-likeness (QED) is 0.834. The van der Waals surface area contributed by atoms with Gasteiger partial charge in [-0.25, -0.2) is 4.98 Å². The van der Waals surface area contributed by atoms with E-state index in [9.17, 15) is 4.79 Å². The first-order valence-corrected chi connectivity index (χ1v) is 5.73. The second-order valence-corrected chi connectivity index (χ2v) is 4.14. The fourth-order valence-corrected chi connectivity index (χ4v) is 1.73. The van der Waals surface area contributed by atoms with Gasteiger partial charge in [0.05, 0.1) is 6.07 Å². The van der Waals surface area contributed by atoms with Crippen molar-refractivity contribution in [1.82, 2.24) is 9.97 Å². The molecule has 1 unspecified atom stereocenters. The van der Waals surface area contributed by atoms with Crippen molar-refractivity contribution in [2.24, 2.45) is 5.92 Å². The average molecular weight is 239 g/mol. The van der Waals surface area contributed by atoms with Crippen molar-refractivity contribution in [2.45, 2.75) is 13.3 Å². The van der Waals surface area contributed by atoms with Crippen LogP contribution in [-0.4, -0.2) is 15.8 Å². The zero-order valence-electron chi connectivity index (χ0n) is 10.1. The van der Waals surface area contributed by atoms with Gasteiger partial charge in [0.15, 0.2) is 5.78 Å². The van der Waals surface area contributed by atoms with Crippen LogP contribution in [0.4, 0.5) is 0 Å². The van der Waals surface area contributed by atoms with E-state index in [-0.39, 0.29) is 18.1 Å². The lowest BCUT2D eigenvalue weighted by Crippen LogP contribution is -2.10. The molecule has 0 saturated heterocycles. The van der Waals surface area contributed by atoms with E-state index in [1.54, 1.807) is 31.5 Å². The molecule has 4 heteroatoms. The van der Waals surface area contributed by atoms with Crippen molar-refractivity contribution >= 4 is 5.78 Å². The third-order valence-corrected chi connectivity index (χ3v) is 2.79. The Morgan fingerprint density at radius 1 is 1.44 bits per heavy atom. The molecule has 0 aliphatic carbocycles. The van der Waals surface area contributed by atoms with E-state index in [0.29, 0.717) is 5.56 Å². The molecule has 18 heavy (non-hydrogen) atoms. The molecule has 2 aromatic rings. The fraction of sp³-hybridized carbons (Fsp3) is 0.214. The lowest BCUT2D eigenvalue weighted by Gasteiger charge is -2.06. The minimum atomic E-state index is -0.260. The Morgan fingerprint density at radius 2 is 2.17 bits per heavy atom. The summed E-state index contributed by atoms with van der Waals surface area (Å²) < 4.78 is 0. The molecule has 0 bridgehead atoms. The third-order valence-electron chi connectivity index (χ3n) is 2.79. The Morgan fingerprint density at radius 3 is 2.72 bits per heavy atom. The molecule has 1 aromatic carbocycles. The molecule has 0 amide bonds. The number of hydrogen-bond donors (Lipinski definition) is 1. The van der Waals surface area contributed by atoms with Crippen molar-refractivity contribution in [1.29, 1.82) is 5.26 Å². The summed E-state index contributed by atoms with van der Waals surface area (Å²) in [4.78, 5) is 19.1. The minimum Gasteiger partial charge on any atom is -0.345 e. The van der Waals surface area contributed by atoms with Crippen LogP contribution in [0.15, 0.2) is 36.7 Å². The Bertz CT molecular complexity index is 564. The number of carbonyl (C=O) groups is 1. The maximum absolute atomic E-state index is 12.0. The molecule has 0 saturated carbocycles. The number of aromatic amines is 1. The van der Waals surface area contributed by atoms with Gasteiger partial charge in [0.25, 0.3) is 0 Å². The Labute approximate surface area is 105 Å². The van der Waals surface area contributed by atoms with Gasteiger partial charge < -0.3 is 4.98 Å². The zero-order valence-corrected chi connectivity index (χ0v) is 10.1. The highest BCUT2D eigenvalue weighted by molar-refractivity contribution is 5.98. The summed E-state index contributed by atoms with van der Waals surface area (Å²) in [5, 5.41) is 8.59. The van der Waals surface area contributed by atoms with E-state index >= 15 is 0 Å². The first-order valence-electron chi connectivity index (χ1n) is 5.73. The molecule has 0 spiro atoms. The van der Waals surface area contributed by atoms with Gasteiger partial charge in [-0.1, -0.05) is 31.2 Å². The molecule has 0 aliphatic heterocycles. The lowest BCUT2D eigenvalue weighted by molar-refractivity contribution is 0.0932. The van der Waals surface area contributed by atoms with Gasteiger partial charge in [-0.3, -0.25) is 4.79 Å². The maximum atomic E-state index is 12.0. The highest BCUT2D eigenvalue weighted by Gasteiger charge is 2.14. The van der Waals surface area contributed by atoms with Gasteiger partial charge in [0.1, 0.15) is 5.82 Å². The molecule has 1 atom stereocenters. The Hall–Kier alpha value is -2.41. The van der Waals surface area contributed by atoms with Gasteiger partial charge in [-0.15, -0.1) is 0 Å². The molecule has 0 fully saturated rings. The second kappa shape index (κ2) is 5.28. The largest absolute Gasteiger partial charge is 0.345 e. The molecule has 0 aliphatic rings. The van der Waals surface area contributed by atoms with Gasteiger partial charge >= 0.3 is 0 Å². The number of rotatable bonds is 4. The van der Waals surface area contributed by atoms with Crippen molar-refractivity contribution in [2.75, 3.05) is 0 Å². The number of imidazole rings is 1. The molecular weight excluding hydrogens is 226 g/mol. The predicted molar refractivity (Wildman–Crippen MR) is 67.7 cm³/mol. The minimum absolute atomic E-state index is 0.00236. The van der Waals surface area contributed by atoms with E-state index in [4.69, 9.17) is 5.26 Å². The fourth-order valence-electron chi connectivity index (χ4n) is 1.73. The number of aromatic nitrogens is 2. The van der Waals surface area contributed by atoms with Crippen LogP contribution in [0.5, 0.6) is 0 Å². The van der Waals surface area contributed by atoms with Crippen molar-refractivity contribution in [3.05, 3.63) is 42.2 Å². The summed E-state index contributed by atoms with van der Waals surface area (Å²) in [6.07, 6.45) is 3.69. The van der Waals surface area contributed by atoms with E-state index in [1.165, 1.54) is 0 Å². The van der Waals surface area contributed by atoms with Crippen molar-refractivity contribution < 1.29 is 4.79 Å². The SMILES string of the molecule is CC(CC#N)C(=O)c1ccc(-c2ncc[nH]2)cc1. The molecule has 90 valence electrons.